The molecule has 2 aromatic carbocycles. The van der Waals surface area contributed by atoms with E-state index in [0.29, 0.717) is 41.3 Å². The monoisotopic (exact) mass is 419 g/mol. The first-order valence-corrected chi connectivity index (χ1v) is 10.4. The predicted molar refractivity (Wildman–Crippen MR) is 116 cm³/mol. The molecule has 0 radical (unpaired) electrons. The number of amides is 2. The smallest absolute Gasteiger partial charge is 0.261 e. The molecule has 0 aliphatic carbocycles. The van der Waals surface area contributed by atoms with Gasteiger partial charge in [-0.05, 0) is 42.1 Å². The van der Waals surface area contributed by atoms with Gasteiger partial charge in [0.15, 0.2) is 0 Å². The summed E-state index contributed by atoms with van der Waals surface area (Å²) in [5.41, 5.74) is 1.85. The summed E-state index contributed by atoms with van der Waals surface area (Å²) in [7, 11) is 0. The highest BCUT2D eigenvalue weighted by molar-refractivity contribution is 7.12. The minimum Gasteiger partial charge on any atom is -0.489 e. The summed E-state index contributed by atoms with van der Waals surface area (Å²) >= 11 is 1.39. The van der Waals surface area contributed by atoms with Gasteiger partial charge in [-0.15, -0.1) is 11.3 Å². The first kappa shape index (κ1) is 21.1. The van der Waals surface area contributed by atoms with Gasteiger partial charge in [0.25, 0.3) is 11.8 Å². The Labute approximate surface area is 179 Å². The normalized spacial score (nSPS) is 10.1. The Balaban J connectivity index is 1.44. The molecular weight excluding hydrogens is 398 g/mol. The van der Waals surface area contributed by atoms with Crippen molar-refractivity contribution in [2.24, 2.45) is 0 Å². The van der Waals surface area contributed by atoms with E-state index in [1.54, 1.807) is 42.5 Å². The van der Waals surface area contributed by atoms with Crippen LogP contribution >= 0.6 is 11.3 Å². The molecule has 152 valence electrons. The Morgan fingerprint density at radius 3 is 2.53 bits per heavy atom. The predicted octanol–water partition coefficient (Wildman–Crippen LogP) is 3.75. The molecule has 0 saturated heterocycles. The zero-order valence-corrected chi connectivity index (χ0v) is 17.1. The van der Waals surface area contributed by atoms with Crippen LogP contribution in [0.3, 0.4) is 0 Å². The third-order valence-electron chi connectivity index (χ3n) is 4.30. The summed E-state index contributed by atoms with van der Waals surface area (Å²) < 4.78 is 5.75. The van der Waals surface area contributed by atoms with Gasteiger partial charge in [-0.1, -0.05) is 30.3 Å². The first-order chi connectivity index (χ1) is 14.7. The van der Waals surface area contributed by atoms with Gasteiger partial charge < -0.3 is 15.4 Å². The van der Waals surface area contributed by atoms with E-state index in [1.165, 1.54) is 11.3 Å². The molecule has 0 aliphatic rings. The van der Waals surface area contributed by atoms with Crippen molar-refractivity contribution in [2.45, 2.75) is 13.0 Å². The van der Waals surface area contributed by atoms with Crippen LogP contribution in [0.5, 0.6) is 5.75 Å². The van der Waals surface area contributed by atoms with Gasteiger partial charge in [-0.25, -0.2) is 0 Å². The molecule has 1 aromatic heterocycles. The third-order valence-corrected chi connectivity index (χ3v) is 5.17. The largest absolute Gasteiger partial charge is 0.489 e. The van der Waals surface area contributed by atoms with Crippen LogP contribution in [0.25, 0.3) is 0 Å². The Kier molecular flexibility index (Phi) is 7.58. The molecule has 1 heterocycles. The van der Waals surface area contributed by atoms with Crippen LogP contribution < -0.4 is 15.4 Å². The van der Waals surface area contributed by atoms with E-state index in [0.717, 1.165) is 5.56 Å². The summed E-state index contributed by atoms with van der Waals surface area (Å²) in [6.45, 7) is 1.18. The maximum atomic E-state index is 12.4. The molecule has 0 aliphatic heterocycles. The molecule has 0 atom stereocenters. The molecule has 2 N–H and O–H groups in total. The number of hydrogen-bond acceptors (Lipinski definition) is 5. The number of nitrogens with one attached hydrogen (secondary N) is 2. The van der Waals surface area contributed by atoms with Crippen LogP contribution in [0.15, 0.2) is 66.0 Å². The number of carbonyl (C=O) groups excluding carboxylic acids is 2. The summed E-state index contributed by atoms with van der Waals surface area (Å²) in [6.07, 6.45) is 0.629. The van der Waals surface area contributed by atoms with E-state index in [4.69, 9.17) is 10.00 Å². The molecule has 3 rings (SSSR count). The van der Waals surface area contributed by atoms with Gasteiger partial charge in [0.1, 0.15) is 12.4 Å². The SMILES string of the molecule is N#Cc1ccccc1COc1cccc(C(=O)NCCCNC(=O)c2cccs2)c1. The van der Waals surface area contributed by atoms with E-state index in [2.05, 4.69) is 16.7 Å². The average Bonchev–Trinajstić information content (AvgIpc) is 3.32. The Hall–Kier alpha value is -3.63. The zero-order valence-electron chi connectivity index (χ0n) is 16.3. The van der Waals surface area contributed by atoms with Gasteiger partial charge in [0.2, 0.25) is 0 Å². The zero-order chi connectivity index (χ0) is 21.2. The number of thiophene rings is 1. The summed E-state index contributed by atoms with van der Waals surface area (Å²) in [5, 5.41) is 16.7. The van der Waals surface area contributed by atoms with Crippen LogP contribution in [-0.2, 0) is 6.61 Å². The summed E-state index contributed by atoms with van der Waals surface area (Å²) in [6, 6.07) is 19.9. The Bertz CT molecular complexity index is 1040. The van der Waals surface area contributed by atoms with Gasteiger partial charge in [0.05, 0.1) is 16.5 Å². The maximum absolute atomic E-state index is 12.4. The van der Waals surface area contributed by atoms with E-state index in [1.807, 2.05) is 23.6 Å². The third kappa shape index (κ3) is 5.93. The van der Waals surface area contributed by atoms with Crippen LogP contribution in [0, 0.1) is 11.3 Å². The molecule has 30 heavy (non-hydrogen) atoms. The van der Waals surface area contributed by atoms with Crippen molar-refractivity contribution in [3.63, 3.8) is 0 Å². The van der Waals surface area contributed by atoms with Gasteiger partial charge in [-0.3, -0.25) is 9.59 Å². The summed E-state index contributed by atoms with van der Waals surface area (Å²) in [4.78, 5) is 24.9. The van der Waals surface area contributed by atoms with Crippen molar-refractivity contribution >= 4 is 23.2 Å². The fraction of sp³-hybridized carbons (Fsp3) is 0.174. The van der Waals surface area contributed by atoms with E-state index in [9.17, 15) is 9.59 Å². The number of hydrogen-bond donors (Lipinski definition) is 2. The molecule has 0 saturated carbocycles. The van der Waals surface area contributed by atoms with Crippen LogP contribution in [0.2, 0.25) is 0 Å². The highest BCUT2D eigenvalue weighted by atomic mass is 32.1. The fourth-order valence-corrected chi connectivity index (χ4v) is 3.37. The maximum Gasteiger partial charge on any atom is 0.261 e. The average molecular weight is 420 g/mol. The number of nitriles is 1. The molecule has 0 unspecified atom stereocenters. The fourth-order valence-electron chi connectivity index (χ4n) is 2.73. The van der Waals surface area contributed by atoms with Crippen LogP contribution in [0.1, 0.15) is 37.6 Å². The minimum atomic E-state index is -0.206. The van der Waals surface area contributed by atoms with Crippen molar-refractivity contribution in [3.05, 3.63) is 87.6 Å². The standard InChI is InChI=1S/C23H21N3O3S/c24-15-18-6-1-2-7-19(18)16-29-20-9-3-8-17(14-20)22(27)25-11-5-12-26-23(28)21-10-4-13-30-21/h1-4,6-10,13-14H,5,11-12,16H2,(H,25,27)(H,26,28). The lowest BCUT2D eigenvalue weighted by molar-refractivity contribution is 0.0952. The molecule has 0 spiro atoms. The van der Waals surface area contributed by atoms with Crippen LogP contribution in [0.4, 0.5) is 0 Å². The quantitative estimate of drug-likeness (QED) is 0.517. The molecule has 2 amide bonds. The molecule has 0 fully saturated rings. The molecule has 7 heteroatoms. The first-order valence-electron chi connectivity index (χ1n) is 9.48. The highest BCUT2D eigenvalue weighted by Gasteiger charge is 2.08. The van der Waals surface area contributed by atoms with Gasteiger partial charge in [-0.2, -0.15) is 5.26 Å². The molecule has 3 aromatic rings. The number of rotatable bonds is 9. The minimum absolute atomic E-state index is 0.0980. The van der Waals surface area contributed by atoms with Crippen molar-refractivity contribution < 1.29 is 14.3 Å². The molecule has 0 bridgehead atoms. The molecule has 6 nitrogen and oxygen atoms in total. The van der Waals surface area contributed by atoms with Crippen LogP contribution in [-0.4, -0.2) is 24.9 Å². The number of nitrogens with zero attached hydrogens (tertiary/aromatic N) is 1. The van der Waals surface area contributed by atoms with Crippen molar-refractivity contribution in [3.8, 4) is 11.8 Å². The van der Waals surface area contributed by atoms with E-state index in [-0.39, 0.29) is 18.4 Å². The number of carbonyl (C=O) groups is 2. The number of ether oxygens (including phenoxy) is 1. The van der Waals surface area contributed by atoms with Crippen molar-refractivity contribution in [1.82, 2.24) is 10.6 Å². The lowest BCUT2D eigenvalue weighted by atomic mass is 10.1. The van der Waals surface area contributed by atoms with E-state index < -0.39 is 0 Å². The summed E-state index contributed by atoms with van der Waals surface area (Å²) in [5.74, 6) is 0.250. The van der Waals surface area contributed by atoms with Crippen molar-refractivity contribution in [1.29, 1.82) is 5.26 Å². The lowest BCUT2D eigenvalue weighted by Gasteiger charge is -2.10. The Morgan fingerprint density at radius 2 is 1.77 bits per heavy atom. The van der Waals surface area contributed by atoms with Gasteiger partial charge >= 0.3 is 0 Å². The van der Waals surface area contributed by atoms with Crippen molar-refractivity contribution in [2.75, 3.05) is 13.1 Å². The topological polar surface area (TPSA) is 91.2 Å². The number of benzene rings is 2. The van der Waals surface area contributed by atoms with Gasteiger partial charge in [0, 0.05) is 24.2 Å². The second-order valence-corrected chi connectivity index (χ2v) is 7.38. The highest BCUT2D eigenvalue weighted by Crippen LogP contribution is 2.17. The second kappa shape index (κ2) is 10.8. The molecular formula is C23H21N3O3S. The Morgan fingerprint density at radius 1 is 0.967 bits per heavy atom. The lowest BCUT2D eigenvalue weighted by Crippen LogP contribution is -2.29. The van der Waals surface area contributed by atoms with E-state index >= 15 is 0 Å². The second-order valence-electron chi connectivity index (χ2n) is 6.43.